The third-order valence-corrected chi connectivity index (χ3v) is 4.30. The molecule has 0 spiro atoms. The second kappa shape index (κ2) is 8.05. The molecule has 0 aromatic heterocycles. The molecule has 2 amide bonds. The fraction of sp³-hybridized carbons (Fsp3) is 0.500. The quantitative estimate of drug-likeness (QED) is 0.857. The van der Waals surface area contributed by atoms with E-state index in [1.807, 2.05) is 0 Å². The highest BCUT2D eigenvalue weighted by Crippen LogP contribution is 2.24. The summed E-state index contributed by atoms with van der Waals surface area (Å²) in [5, 5.41) is 0.364. The second-order valence-corrected chi connectivity index (χ2v) is 6.48. The maximum absolute atomic E-state index is 12.9. The molecule has 1 saturated heterocycles. The molecule has 1 atom stereocenters. The Hall–Kier alpha value is -1.80. The number of halogens is 4. The molecule has 25 heavy (non-hydrogen) atoms. The van der Waals surface area contributed by atoms with Gasteiger partial charge in [-0.2, -0.15) is 13.2 Å². The molecule has 1 heterocycles. The van der Waals surface area contributed by atoms with Gasteiger partial charge in [0.05, 0.1) is 12.5 Å². The van der Waals surface area contributed by atoms with Gasteiger partial charge in [-0.05, 0) is 43.7 Å². The average Bonchev–Trinajstić information content (AvgIpc) is 2.53. The fourth-order valence-electron chi connectivity index (χ4n) is 2.83. The van der Waals surface area contributed by atoms with E-state index in [4.69, 9.17) is 17.3 Å². The molecule has 0 saturated carbocycles. The van der Waals surface area contributed by atoms with Crippen LogP contribution in [0.1, 0.15) is 12.8 Å². The van der Waals surface area contributed by atoms with Crippen molar-refractivity contribution in [1.29, 1.82) is 0 Å². The summed E-state index contributed by atoms with van der Waals surface area (Å²) < 4.78 is 38.6. The van der Waals surface area contributed by atoms with Gasteiger partial charge in [-0.3, -0.25) is 14.5 Å². The number of hydrogen-bond acceptors (Lipinski definition) is 3. The van der Waals surface area contributed by atoms with Crippen LogP contribution in [0.5, 0.6) is 0 Å². The zero-order valence-corrected chi connectivity index (χ0v) is 14.2. The van der Waals surface area contributed by atoms with E-state index in [-0.39, 0.29) is 24.7 Å². The van der Waals surface area contributed by atoms with Crippen molar-refractivity contribution >= 4 is 29.1 Å². The highest BCUT2D eigenvalue weighted by Gasteiger charge is 2.35. The number of alkyl halides is 3. The van der Waals surface area contributed by atoms with E-state index in [1.165, 1.54) is 24.3 Å². The average molecular weight is 378 g/mol. The van der Waals surface area contributed by atoms with Crippen LogP contribution >= 0.6 is 11.6 Å². The van der Waals surface area contributed by atoms with Gasteiger partial charge in [-0.15, -0.1) is 0 Å². The number of piperidine rings is 1. The SMILES string of the molecule is NC(=O)C1CCCN(CC(=O)N(CC(F)(F)F)c2ccc(Cl)cc2)C1. The first-order valence-electron chi connectivity index (χ1n) is 7.80. The molecule has 1 aromatic carbocycles. The summed E-state index contributed by atoms with van der Waals surface area (Å²) in [5.74, 6) is -1.53. The molecule has 0 bridgehead atoms. The Morgan fingerprint density at radius 3 is 2.48 bits per heavy atom. The normalized spacial score (nSPS) is 18.8. The van der Waals surface area contributed by atoms with Crippen LogP contribution < -0.4 is 10.6 Å². The standard InChI is InChI=1S/C16H19ClF3N3O2/c17-12-3-5-13(6-4-12)23(10-16(18,19)20)14(24)9-22-7-1-2-11(8-22)15(21)25/h3-6,11H,1-2,7-10H2,(H2,21,25). The predicted octanol–water partition coefficient (Wildman–Crippen LogP) is 2.43. The summed E-state index contributed by atoms with van der Waals surface area (Å²) in [5.41, 5.74) is 5.41. The summed E-state index contributed by atoms with van der Waals surface area (Å²) in [6, 6.07) is 5.60. The van der Waals surface area contributed by atoms with Crippen LogP contribution in [-0.2, 0) is 9.59 Å². The summed E-state index contributed by atoms with van der Waals surface area (Å²) in [7, 11) is 0. The largest absolute Gasteiger partial charge is 0.406 e. The summed E-state index contributed by atoms with van der Waals surface area (Å²) in [6.45, 7) is -0.777. The van der Waals surface area contributed by atoms with Crippen molar-refractivity contribution in [3.05, 3.63) is 29.3 Å². The van der Waals surface area contributed by atoms with E-state index in [0.29, 0.717) is 29.3 Å². The number of likely N-dealkylation sites (tertiary alicyclic amines) is 1. The van der Waals surface area contributed by atoms with Gasteiger partial charge in [0, 0.05) is 17.3 Å². The van der Waals surface area contributed by atoms with E-state index in [0.717, 1.165) is 0 Å². The van der Waals surface area contributed by atoms with Crippen molar-refractivity contribution in [3.8, 4) is 0 Å². The van der Waals surface area contributed by atoms with Crippen molar-refractivity contribution < 1.29 is 22.8 Å². The number of hydrogen-bond donors (Lipinski definition) is 1. The van der Waals surface area contributed by atoms with Crippen LogP contribution in [0.15, 0.2) is 24.3 Å². The second-order valence-electron chi connectivity index (χ2n) is 6.05. The minimum Gasteiger partial charge on any atom is -0.369 e. The molecule has 1 unspecified atom stereocenters. The molecule has 1 fully saturated rings. The van der Waals surface area contributed by atoms with Gasteiger partial charge in [0.25, 0.3) is 0 Å². The third-order valence-electron chi connectivity index (χ3n) is 4.04. The Balaban J connectivity index is 2.12. The first kappa shape index (κ1) is 19.5. The molecule has 0 radical (unpaired) electrons. The Labute approximate surface area is 148 Å². The van der Waals surface area contributed by atoms with Gasteiger partial charge in [-0.25, -0.2) is 0 Å². The molecular weight excluding hydrogens is 359 g/mol. The molecule has 0 aliphatic carbocycles. The summed E-state index contributed by atoms with van der Waals surface area (Å²) in [4.78, 5) is 26.1. The highest BCUT2D eigenvalue weighted by molar-refractivity contribution is 6.30. The first-order chi connectivity index (χ1) is 11.7. The van der Waals surface area contributed by atoms with E-state index < -0.39 is 24.5 Å². The number of nitrogens with zero attached hydrogens (tertiary/aromatic N) is 2. The Kier molecular flexibility index (Phi) is 6.29. The van der Waals surface area contributed by atoms with Gasteiger partial charge in [0.1, 0.15) is 6.54 Å². The maximum atomic E-state index is 12.9. The lowest BCUT2D eigenvalue weighted by molar-refractivity contribution is -0.133. The third kappa shape index (κ3) is 5.89. The number of anilines is 1. The van der Waals surface area contributed by atoms with E-state index in [1.54, 1.807) is 4.90 Å². The van der Waals surface area contributed by atoms with Gasteiger partial charge in [0.2, 0.25) is 11.8 Å². The lowest BCUT2D eigenvalue weighted by atomic mass is 9.97. The molecule has 9 heteroatoms. The topological polar surface area (TPSA) is 66.6 Å². The first-order valence-corrected chi connectivity index (χ1v) is 8.18. The summed E-state index contributed by atoms with van der Waals surface area (Å²) >= 11 is 5.75. The van der Waals surface area contributed by atoms with E-state index in [9.17, 15) is 22.8 Å². The van der Waals surface area contributed by atoms with Crippen LogP contribution in [0.4, 0.5) is 18.9 Å². The minimum atomic E-state index is -4.53. The Bertz CT molecular complexity index is 622. The minimum absolute atomic E-state index is 0.121. The number of amides is 2. The summed E-state index contributed by atoms with van der Waals surface area (Å²) in [6.07, 6.45) is -3.24. The zero-order valence-electron chi connectivity index (χ0n) is 13.4. The van der Waals surface area contributed by atoms with E-state index >= 15 is 0 Å². The number of nitrogens with two attached hydrogens (primary N) is 1. The molecular formula is C16H19ClF3N3O2. The molecule has 5 nitrogen and oxygen atoms in total. The van der Waals surface area contributed by atoms with Crippen molar-refractivity contribution in [1.82, 2.24) is 4.90 Å². The van der Waals surface area contributed by atoms with Gasteiger partial charge >= 0.3 is 6.18 Å². The molecule has 1 aliphatic heterocycles. The van der Waals surface area contributed by atoms with Gasteiger partial charge in [0.15, 0.2) is 0 Å². The Morgan fingerprint density at radius 1 is 1.28 bits per heavy atom. The van der Waals surface area contributed by atoms with Crippen LogP contribution in [0.25, 0.3) is 0 Å². The van der Waals surface area contributed by atoms with Crippen LogP contribution in [0.2, 0.25) is 5.02 Å². The van der Waals surface area contributed by atoms with Crippen molar-refractivity contribution in [2.24, 2.45) is 11.7 Å². The highest BCUT2D eigenvalue weighted by atomic mass is 35.5. The van der Waals surface area contributed by atoms with Crippen LogP contribution in [0.3, 0.4) is 0 Å². The molecule has 1 aromatic rings. The van der Waals surface area contributed by atoms with Crippen molar-refractivity contribution in [2.75, 3.05) is 31.1 Å². The number of carbonyl (C=O) groups excluding carboxylic acids is 2. The number of benzene rings is 1. The number of primary amides is 1. The van der Waals surface area contributed by atoms with Gasteiger partial charge < -0.3 is 10.6 Å². The zero-order chi connectivity index (χ0) is 18.6. The Morgan fingerprint density at radius 2 is 1.92 bits per heavy atom. The monoisotopic (exact) mass is 377 g/mol. The smallest absolute Gasteiger partial charge is 0.369 e. The lowest BCUT2D eigenvalue weighted by Crippen LogP contribution is -2.48. The lowest BCUT2D eigenvalue weighted by Gasteiger charge is -2.32. The maximum Gasteiger partial charge on any atom is 0.406 e. The van der Waals surface area contributed by atoms with Crippen molar-refractivity contribution in [3.63, 3.8) is 0 Å². The molecule has 2 rings (SSSR count). The fourth-order valence-corrected chi connectivity index (χ4v) is 2.96. The molecule has 138 valence electrons. The van der Waals surface area contributed by atoms with Crippen LogP contribution in [-0.4, -0.2) is 49.1 Å². The predicted molar refractivity (Wildman–Crippen MR) is 88.2 cm³/mol. The van der Waals surface area contributed by atoms with E-state index in [2.05, 4.69) is 0 Å². The van der Waals surface area contributed by atoms with Gasteiger partial charge in [-0.1, -0.05) is 11.6 Å². The van der Waals surface area contributed by atoms with Crippen LogP contribution in [0, 0.1) is 5.92 Å². The number of carbonyl (C=O) groups is 2. The van der Waals surface area contributed by atoms with Crippen molar-refractivity contribution in [2.45, 2.75) is 19.0 Å². The number of rotatable bonds is 5. The molecule has 2 N–H and O–H groups in total. The molecule has 1 aliphatic rings.